The van der Waals surface area contributed by atoms with Gasteiger partial charge in [0.2, 0.25) is 0 Å². The second-order valence-corrected chi connectivity index (χ2v) is 16.0. The molecular weight excluding hydrogens is 725 g/mol. The molecule has 0 aliphatic rings. The lowest BCUT2D eigenvalue weighted by Gasteiger charge is -2.21. The predicted octanol–water partition coefficient (Wildman–Crippen LogP) is 15.8. The quantitative estimate of drug-likeness (QED) is 0.132. The third-order valence-corrected chi connectivity index (χ3v) is 12.8. The second-order valence-electron chi connectivity index (χ2n) is 16.0. The van der Waals surface area contributed by atoms with Gasteiger partial charge in [-0.3, -0.25) is 0 Å². The van der Waals surface area contributed by atoms with Crippen molar-refractivity contribution in [1.82, 2.24) is 9.97 Å². The Morgan fingerprint density at radius 3 is 1.25 bits per heavy atom. The molecule has 0 saturated heterocycles. The summed E-state index contributed by atoms with van der Waals surface area (Å²) in [4.78, 5) is 10.5. The Bertz CT molecular complexity index is 3750. The molecule has 2 heteroatoms. The maximum atomic E-state index is 5.38. The van der Waals surface area contributed by atoms with Gasteiger partial charge in [0.05, 0.1) is 11.4 Å². The van der Waals surface area contributed by atoms with E-state index in [0.717, 1.165) is 38.9 Å². The van der Waals surface area contributed by atoms with Gasteiger partial charge in [-0.05, 0) is 109 Å². The molecule has 13 aromatic rings. The third kappa shape index (κ3) is 4.76. The summed E-state index contributed by atoms with van der Waals surface area (Å²) in [7, 11) is 0. The number of rotatable bonds is 4. The molecule has 0 N–H and O–H groups in total. The first kappa shape index (κ1) is 33.1. The van der Waals surface area contributed by atoms with E-state index in [-0.39, 0.29) is 0 Å². The average Bonchev–Trinajstić information content (AvgIpc) is 3.32. The third-order valence-electron chi connectivity index (χ3n) is 12.8. The van der Waals surface area contributed by atoms with Crippen molar-refractivity contribution in [2.24, 2.45) is 0 Å². The van der Waals surface area contributed by atoms with Crippen LogP contribution in [0, 0.1) is 0 Å². The highest BCUT2D eigenvalue weighted by atomic mass is 14.9. The Hall–Kier alpha value is -7.94. The van der Waals surface area contributed by atoms with Gasteiger partial charge in [-0.2, -0.15) is 0 Å². The largest absolute Gasteiger partial charge is 0.228 e. The fourth-order valence-corrected chi connectivity index (χ4v) is 10.3. The zero-order valence-electron chi connectivity index (χ0n) is 32.5. The molecule has 0 unspecified atom stereocenters. The topological polar surface area (TPSA) is 25.8 Å². The monoisotopic (exact) mass is 758 g/mol. The number of benzene rings is 11. The second kappa shape index (κ2) is 12.8. The lowest BCUT2D eigenvalue weighted by Crippen LogP contribution is -1.98. The lowest BCUT2D eigenvalue weighted by molar-refractivity contribution is 1.19. The van der Waals surface area contributed by atoms with Crippen LogP contribution < -0.4 is 0 Å². The normalized spacial score (nSPS) is 12.0. The van der Waals surface area contributed by atoms with Gasteiger partial charge in [0, 0.05) is 16.7 Å². The van der Waals surface area contributed by atoms with E-state index in [1.807, 2.05) is 6.07 Å². The van der Waals surface area contributed by atoms with Gasteiger partial charge in [0.15, 0.2) is 5.82 Å². The van der Waals surface area contributed by atoms with Crippen LogP contribution in [0.5, 0.6) is 0 Å². The van der Waals surface area contributed by atoms with E-state index in [0.29, 0.717) is 5.82 Å². The minimum atomic E-state index is 0.710. The van der Waals surface area contributed by atoms with Gasteiger partial charge in [-0.1, -0.05) is 194 Å². The van der Waals surface area contributed by atoms with Crippen molar-refractivity contribution < 1.29 is 0 Å². The highest BCUT2D eigenvalue weighted by molar-refractivity contribution is 6.39. The van der Waals surface area contributed by atoms with E-state index < -0.39 is 0 Å². The Labute approximate surface area is 346 Å². The molecule has 0 amide bonds. The Morgan fingerprint density at radius 2 is 0.667 bits per heavy atom. The lowest BCUT2D eigenvalue weighted by atomic mass is 9.82. The van der Waals surface area contributed by atoms with Crippen molar-refractivity contribution in [2.75, 3.05) is 0 Å². The molecule has 12 aromatic carbocycles. The van der Waals surface area contributed by atoms with Gasteiger partial charge in [0.1, 0.15) is 0 Å². The average molecular weight is 759 g/mol. The molecule has 0 radical (unpaired) electrons. The fourth-order valence-electron chi connectivity index (χ4n) is 10.3. The van der Waals surface area contributed by atoms with Crippen LogP contribution in [0.15, 0.2) is 206 Å². The van der Waals surface area contributed by atoms with Crippen molar-refractivity contribution in [2.45, 2.75) is 0 Å². The standard InChI is InChI=1S/C58H34N2/c1-3-15-35(16-4-1)50-34-51(60-58(59-50)38-17-5-2-6-18-38)56-45-24-9-7-22-43(45)55(44-23-8-10-25-46(44)56)49-33-39-21-13-28-41-40-26-11-19-36-31-32-37-20-12-27-42(53(37)52(36)40)47-29-14-30-48(49)57(47)54(39)41/h1-34H. The predicted molar refractivity (Wildman–Crippen MR) is 255 cm³/mol. The van der Waals surface area contributed by atoms with Gasteiger partial charge in [-0.25, -0.2) is 9.97 Å². The first-order valence-corrected chi connectivity index (χ1v) is 20.7. The maximum Gasteiger partial charge on any atom is 0.160 e. The summed E-state index contributed by atoms with van der Waals surface area (Å²) >= 11 is 0. The molecule has 0 atom stereocenters. The van der Waals surface area contributed by atoms with Crippen LogP contribution in [0.1, 0.15) is 0 Å². The van der Waals surface area contributed by atoms with Crippen molar-refractivity contribution in [1.29, 1.82) is 0 Å². The highest BCUT2D eigenvalue weighted by Crippen LogP contribution is 2.50. The molecule has 0 spiro atoms. The molecule has 60 heavy (non-hydrogen) atoms. The van der Waals surface area contributed by atoms with Crippen molar-refractivity contribution >= 4 is 86.2 Å². The Kier molecular flexibility index (Phi) is 7.05. The SMILES string of the molecule is c1ccc(-c2cc(-c3c4ccccc4c(-c4cc5cccc6c7cccc8ccc9cccc(c%10cccc4c%10c56)c9c87)c4ccccc34)nc(-c3ccccc3)n2)cc1. The van der Waals surface area contributed by atoms with Crippen LogP contribution in [0.25, 0.3) is 131 Å². The van der Waals surface area contributed by atoms with Crippen LogP contribution in [-0.2, 0) is 0 Å². The molecule has 2 nitrogen and oxygen atoms in total. The van der Waals surface area contributed by atoms with Crippen LogP contribution >= 0.6 is 0 Å². The van der Waals surface area contributed by atoms with Crippen LogP contribution in [-0.4, -0.2) is 9.97 Å². The van der Waals surface area contributed by atoms with E-state index in [4.69, 9.17) is 9.97 Å². The summed E-state index contributed by atoms with van der Waals surface area (Å²) in [6.45, 7) is 0. The number of nitrogens with zero attached hydrogens (tertiary/aromatic N) is 2. The van der Waals surface area contributed by atoms with Crippen molar-refractivity contribution in [3.8, 4) is 45.0 Å². The van der Waals surface area contributed by atoms with Gasteiger partial charge >= 0.3 is 0 Å². The molecular formula is C58H34N2. The number of hydrogen-bond acceptors (Lipinski definition) is 2. The number of hydrogen-bond donors (Lipinski definition) is 0. The molecule has 1 aromatic heterocycles. The zero-order chi connectivity index (χ0) is 39.3. The smallest absolute Gasteiger partial charge is 0.160 e. The van der Waals surface area contributed by atoms with E-state index >= 15 is 0 Å². The van der Waals surface area contributed by atoms with Gasteiger partial charge in [-0.15, -0.1) is 0 Å². The zero-order valence-corrected chi connectivity index (χ0v) is 32.5. The summed E-state index contributed by atoms with van der Waals surface area (Å²) in [5.74, 6) is 0.710. The molecule has 1 heterocycles. The molecule has 0 saturated carbocycles. The Balaban J connectivity index is 1.18. The molecule has 13 rings (SSSR count). The first-order chi connectivity index (χ1) is 29.8. The summed E-state index contributed by atoms with van der Waals surface area (Å²) < 4.78 is 0. The minimum absolute atomic E-state index is 0.710. The summed E-state index contributed by atoms with van der Waals surface area (Å²) in [6, 6.07) is 75.2. The van der Waals surface area contributed by atoms with Crippen LogP contribution in [0.2, 0.25) is 0 Å². The molecule has 276 valence electrons. The molecule has 0 aliphatic heterocycles. The van der Waals surface area contributed by atoms with Crippen molar-refractivity contribution in [3.05, 3.63) is 206 Å². The van der Waals surface area contributed by atoms with Gasteiger partial charge < -0.3 is 0 Å². The highest BCUT2D eigenvalue weighted by Gasteiger charge is 2.23. The van der Waals surface area contributed by atoms with E-state index in [1.165, 1.54) is 86.5 Å². The minimum Gasteiger partial charge on any atom is -0.228 e. The van der Waals surface area contributed by atoms with E-state index in [1.54, 1.807) is 0 Å². The van der Waals surface area contributed by atoms with E-state index in [9.17, 15) is 0 Å². The number of fused-ring (bicyclic) bond motifs is 4. The molecule has 0 bridgehead atoms. The summed E-state index contributed by atoms with van der Waals surface area (Å²) in [6.07, 6.45) is 0. The summed E-state index contributed by atoms with van der Waals surface area (Å²) in [5, 5.41) is 20.1. The first-order valence-electron chi connectivity index (χ1n) is 20.7. The molecule has 0 aliphatic carbocycles. The van der Waals surface area contributed by atoms with Crippen LogP contribution in [0.4, 0.5) is 0 Å². The molecule has 0 fully saturated rings. The maximum absolute atomic E-state index is 5.38. The Morgan fingerprint density at radius 1 is 0.250 bits per heavy atom. The van der Waals surface area contributed by atoms with Crippen LogP contribution in [0.3, 0.4) is 0 Å². The summed E-state index contributed by atoms with van der Waals surface area (Å²) in [5.41, 5.74) is 7.42. The number of aromatic nitrogens is 2. The van der Waals surface area contributed by atoms with Gasteiger partial charge in [0.25, 0.3) is 0 Å². The fraction of sp³-hybridized carbons (Fsp3) is 0. The van der Waals surface area contributed by atoms with Crippen molar-refractivity contribution in [3.63, 3.8) is 0 Å². The van der Waals surface area contributed by atoms with E-state index in [2.05, 4.69) is 200 Å².